The summed E-state index contributed by atoms with van der Waals surface area (Å²) >= 11 is 0. The van der Waals surface area contributed by atoms with Gasteiger partial charge in [-0.15, -0.1) is 0 Å². The highest BCUT2D eigenvalue weighted by Crippen LogP contribution is 2.10. The monoisotopic (exact) mass is 197 g/mol. The van der Waals surface area contributed by atoms with Crippen molar-refractivity contribution in [3.8, 4) is 0 Å². The molecule has 0 aliphatic heterocycles. The van der Waals surface area contributed by atoms with Gasteiger partial charge in [0.2, 0.25) is 0 Å². The number of aryl methyl sites for hydroxylation is 1. The predicted octanol–water partition coefficient (Wildman–Crippen LogP) is 1.16. The van der Waals surface area contributed by atoms with E-state index in [1.807, 2.05) is 0 Å². The molecule has 0 spiro atoms. The number of nitrogens with zero attached hydrogens (tertiary/aromatic N) is 3. The first-order chi connectivity index (χ1) is 6.65. The van der Waals surface area contributed by atoms with Crippen LogP contribution in [0.25, 0.3) is 0 Å². The maximum atomic E-state index is 11.0. The zero-order valence-electron chi connectivity index (χ0n) is 7.84. The molecule has 0 unspecified atom stereocenters. The van der Waals surface area contributed by atoms with E-state index in [-0.39, 0.29) is 11.6 Å². The number of hydrogen-bond donors (Lipinski definition) is 0. The molecule has 0 aliphatic rings. The molecule has 0 atom stereocenters. The minimum atomic E-state index is -0.510. The highest BCUT2D eigenvalue weighted by molar-refractivity contribution is 5.77. The Hall–Kier alpha value is -1.72. The van der Waals surface area contributed by atoms with Crippen LogP contribution >= 0.6 is 0 Å². The van der Waals surface area contributed by atoms with E-state index in [1.54, 1.807) is 6.92 Å². The molecule has 1 heterocycles. The molecule has 6 nitrogen and oxygen atoms in total. The summed E-state index contributed by atoms with van der Waals surface area (Å²) in [5.41, 5.74) is 0. The Labute approximate surface area is 80.7 Å². The summed E-state index contributed by atoms with van der Waals surface area (Å²) in [7, 11) is 0. The SMILES string of the molecule is CCC(=O)CCn1cncc1[N+](=O)[O-]. The summed E-state index contributed by atoms with van der Waals surface area (Å²) in [5, 5.41) is 10.5. The van der Waals surface area contributed by atoms with Crippen LogP contribution in [0.1, 0.15) is 19.8 Å². The molecule has 0 N–H and O–H groups in total. The minimum Gasteiger partial charge on any atom is -0.358 e. The fraction of sp³-hybridized carbons (Fsp3) is 0.500. The fourth-order valence-electron chi connectivity index (χ4n) is 1.06. The topological polar surface area (TPSA) is 78.0 Å². The third-order valence-corrected chi connectivity index (χ3v) is 1.90. The van der Waals surface area contributed by atoms with Crippen molar-refractivity contribution in [1.82, 2.24) is 9.55 Å². The lowest BCUT2D eigenvalue weighted by molar-refractivity contribution is -0.392. The summed E-state index contributed by atoms with van der Waals surface area (Å²) in [5.74, 6) is 0.0156. The lowest BCUT2D eigenvalue weighted by atomic mass is 10.2. The molecule has 0 saturated carbocycles. The molecule has 0 amide bonds. The predicted molar refractivity (Wildman–Crippen MR) is 48.8 cm³/mol. The Morgan fingerprint density at radius 2 is 2.43 bits per heavy atom. The maximum absolute atomic E-state index is 11.0. The third-order valence-electron chi connectivity index (χ3n) is 1.90. The van der Waals surface area contributed by atoms with Crippen molar-refractivity contribution in [3.63, 3.8) is 0 Å². The Bertz CT molecular complexity index is 345. The first kappa shape index (κ1) is 10.4. The number of carbonyl (C=O) groups excluding carboxylic acids is 1. The Balaban J connectivity index is 2.63. The largest absolute Gasteiger partial charge is 0.358 e. The summed E-state index contributed by atoms with van der Waals surface area (Å²) in [6.45, 7) is 2.09. The summed E-state index contributed by atoms with van der Waals surface area (Å²) in [6, 6.07) is 0. The van der Waals surface area contributed by atoms with Crippen molar-refractivity contribution in [1.29, 1.82) is 0 Å². The van der Waals surface area contributed by atoms with Gasteiger partial charge in [-0.25, -0.2) is 9.55 Å². The number of Topliss-reactive ketones (excluding diaryl/α,β-unsaturated/α-hetero) is 1. The second-order valence-corrected chi connectivity index (χ2v) is 2.84. The van der Waals surface area contributed by atoms with Gasteiger partial charge in [0.1, 0.15) is 12.0 Å². The van der Waals surface area contributed by atoms with Crippen LogP contribution in [0.5, 0.6) is 0 Å². The highest BCUT2D eigenvalue weighted by Gasteiger charge is 2.13. The molecule has 0 radical (unpaired) electrons. The van der Waals surface area contributed by atoms with Crippen LogP contribution in [0.15, 0.2) is 12.5 Å². The molecular formula is C8H11N3O3. The van der Waals surface area contributed by atoms with Gasteiger partial charge in [-0.05, 0) is 4.92 Å². The Morgan fingerprint density at radius 1 is 1.71 bits per heavy atom. The number of imidazole rings is 1. The van der Waals surface area contributed by atoms with E-state index >= 15 is 0 Å². The summed E-state index contributed by atoms with van der Waals surface area (Å²) in [4.78, 5) is 24.6. The van der Waals surface area contributed by atoms with E-state index in [0.29, 0.717) is 19.4 Å². The van der Waals surface area contributed by atoms with E-state index in [2.05, 4.69) is 4.98 Å². The molecule has 0 saturated heterocycles. The van der Waals surface area contributed by atoms with Crippen molar-refractivity contribution >= 4 is 11.6 Å². The number of carbonyl (C=O) groups is 1. The van der Waals surface area contributed by atoms with E-state index in [4.69, 9.17) is 0 Å². The molecule has 1 aromatic heterocycles. The smallest absolute Gasteiger partial charge is 0.342 e. The Morgan fingerprint density at radius 3 is 3.00 bits per heavy atom. The van der Waals surface area contributed by atoms with Crippen LogP contribution in [0.4, 0.5) is 5.82 Å². The maximum Gasteiger partial charge on any atom is 0.342 e. The molecule has 76 valence electrons. The molecule has 1 aromatic rings. The van der Waals surface area contributed by atoms with Gasteiger partial charge in [0.25, 0.3) is 0 Å². The zero-order valence-corrected chi connectivity index (χ0v) is 7.84. The second-order valence-electron chi connectivity index (χ2n) is 2.84. The molecule has 6 heteroatoms. The van der Waals surface area contributed by atoms with Gasteiger partial charge in [-0.3, -0.25) is 4.79 Å². The number of hydrogen-bond acceptors (Lipinski definition) is 4. The molecule has 1 rings (SSSR count). The number of nitro groups is 1. The number of ketones is 1. The molecule has 0 aliphatic carbocycles. The number of aromatic nitrogens is 2. The van der Waals surface area contributed by atoms with Crippen molar-refractivity contribution in [2.75, 3.05) is 0 Å². The molecule has 0 bridgehead atoms. The molecule has 0 aromatic carbocycles. The van der Waals surface area contributed by atoms with Crippen LogP contribution < -0.4 is 0 Å². The van der Waals surface area contributed by atoms with Crippen molar-refractivity contribution in [3.05, 3.63) is 22.6 Å². The first-order valence-electron chi connectivity index (χ1n) is 4.31. The van der Waals surface area contributed by atoms with Crippen molar-refractivity contribution in [2.45, 2.75) is 26.3 Å². The van der Waals surface area contributed by atoms with Crippen LogP contribution in [0, 0.1) is 10.1 Å². The summed E-state index contributed by atoms with van der Waals surface area (Å²) in [6.07, 6.45) is 3.31. The van der Waals surface area contributed by atoms with Crippen LogP contribution in [0.3, 0.4) is 0 Å². The molecule has 14 heavy (non-hydrogen) atoms. The lowest BCUT2D eigenvalue weighted by Gasteiger charge is -1.98. The van der Waals surface area contributed by atoms with Crippen LogP contribution in [0.2, 0.25) is 0 Å². The normalized spacial score (nSPS) is 10.1. The van der Waals surface area contributed by atoms with Gasteiger partial charge in [0.05, 0.1) is 6.54 Å². The molecule has 0 fully saturated rings. The average Bonchev–Trinajstić information content (AvgIpc) is 2.62. The quantitative estimate of drug-likeness (QED) is 0.524. The van der Waals surface area contributed by atoms with Crippen molar-refractivity contribution in [2.24, 2.45) is 0 Å². The van der Waals surface area contributed by atoms with Crippen LogP contribution in [-0.2, 0) is 11.3 Å². The van der Waals surface area contributed by atoms with Gasteiger partial charge in [0.15, 0.2) is 6.33 Å². The standard InChI is InChI=1S/C8H11N3O3/c1-2-7(12)3-4-10-6-9-5-8(10)11(13)14/h5-6H,2-4H2,1H3. The molecular weight excluding hydrogens is 186 g/mol. The highest BCUT2D eigenvalue weighted by atomic mass is 16.6. The minimum absolute atomic E-state index is 0.0751. The van der Waals surface area contributed by atoms with Gasteiger partial charge >= 0.3 is 5.82 Å². The van der Waals surface area contributed by atoms with Crippen molar-refractivity contribution < 1.29 is 9.72 Å². The van der Waals surface area contributed by atoms with Gasteiger partial charge < -0.3 is 10.1 Å². The van der Waals surface area contributed by atoms with E-state index in [1.165, 1.54) is 17.1 Å². The van der Waals surface area contributed by atoms with E-state index < -0.39 is 4.92 Å². The van der Waals surface area contributed by atoms with E-state index in [9.17, 15) is 14.9 Å². The average molecular weight is 197 g/mol. The zero-order chi connectivity index (χ0) is 10.6. The fourth-order valence-corrected chi connectivity index (χ4v) is 1.06. The van der Waals surface area contributed by atoms with E-state index in [0.717, 1.165) is 0 Å². The first-order valence-corrected chi connectivity index (χ1v) is 4.31. The third kappa shape index (κ3) is 2.38. The van der Waals surface area contributed by atoms with Gasteiger partial charge in [-0.2, -0.15) is 0 Å². The lowest BCUT2D eigenvalue weighted by Crippen LogP contribution is -2.06. The van der Waals surface area contributed by atoms with Gasteiger partial charge in [-0.1, -0.05) is 6.92 Å². The second kappa shape index (κ2) is 4.50. The summed E-state index contributed by atoms with van der Waals surface area (Å²) < 4.78 is 1.37. The van der Waals surface area contributed by atoms with Gasteiger partial charge in [0, 0.05) is 12.8 Å². The van der Waals surface area contributed by atoms with Crippen LogP contribution in [-0.4, -0.2) is 20.3 Å². The number of rotatable bonds is 5. The Kier molecular flexibility index (Phi) is 3.33.